The maximum atomic E-state index is 13.4. The number of aliphatic hydroxyl groups excluding tert-OH is 1. The molecule has 0 bridgehead atoms. The van der Waals surface area contributed by atoms with Gasteiger partial charge < -0.3 is 20.1 Å². The molecule has 1 aromatic carbocycles. The number of nitrogens with one attached hydrogen (secondary N) is 1. The fourth-order valence-electron chi connectivity index (χ4n) is 4.64. The fourth-order valence-corrected chi connectivity index (χ4v) is 5.59. The Labute approximate surface area is 197 Å². The predicted octanol–water partition coefficient (Wildman–Crippen LogP) is 3.86. The van der Waals surface area contributed by atoms with Gasteiger partial charge in [0.2, 0.25) is 0 Å². The average Bonchev–Trinajstić information content (AvgIpc) is 3.12. The van der Waals surface area contributed by atoms with E-state index in [9.17, 15) is 23.1 Å². The molecule has 5 rings (SSSR count). The molecule has 1 saturated carbocycles. The number of alkyl halides is 3. The number of amides is 1. The first-order valence-corrected chi connectivity index (χ1v) is 11.7. The first-order chi connectivity index (χ1) is 16.1. The van der Waals surface area contributed by atoms with Crippen LogP contribution in [0, 0.1) is 6.92 Å². The SMILES string of the molecule is COC(Nc1nc2c(s1)c(C(=O)N1CCCC13C[C@@H]3O)nn2CC(F)(F)F)c1ccc(C)cc1. The highest BCUT2D eigenvalue weighted by Gasteiger charge is 2.61. The van der Waals surface area contributed by atoms with Crippen LogP contribution in [0.4, 0.5) is 18.3 Å². The number of likely N-dealkylation sites (tertiary alicyclic amines) is 1. The van der Waals surface area contributed by atoms with E-state index in [1.165, 1.54) is 7.11 Å². The van der Waals surface area contributed by atoms with Crippen LogP contribution in [0.25, 0.3) is 10.3 Å². The van der Waals surface area contributed by atoms with Gasteiger partial charge in [0.25, 0.3) is 5.91 Å². The van der Waals surface area contributed by atoms with Crippen LogP contribution >= 0.6 is 11.3 Å². The Morgan fingerprint density at radius 1 is 1.38 bits per heavy atom. The highest BCUT2D eigenvalue weighted by atomic mass is 32.1. The van der Waals surface area contributed by atoms with E-state index in [1.54, 1.807) is 4.90 Å². The highest BCUT2D eigenvalue weighted by molar-refractivity contribution is 7.22. The van der Waals surface area contributed by atoms with E-state index in [4.69, 9.17) is 4.74 Å². The zero-order chi connectivity index (χ0) is 24.3. The second kappa shape index (κ2) is 8.21. The van der Waals surface area contributed by atoms with Crippen molar-refractivity contribution in [3.05, 3.63) is 41.1 Å². The molecule has 3 atom stereocenters. The molecule has 182 valence electrons. The summed E-state index contributed by atoms with van der Waals surface area (Å²) in [5.74, 6) is -0.475. The number of aliphatic hydroxyl groups is 1. The fraction of sp³-hybridized carbons (Fsp3) is 0.500. The number of carbonyl (C=O) groups excluding carboxylic acids is 1. The monoisotopic (exact) mass is 495 g/mol. The van der Waals surface area contributed by atoms with Crippen molar-refractivity contribution in [1.82, 2.24) is 19.7 Å². The van der Waals surface area contributed by atoms with Gasteiger partial charge in [0.15, 0.2) is 22.7 Å². The van der Waals surface area contributed by atoms with Crippen molar-refractivity contribution in [2.75, 3.05) is 19.0 Å². The smallest absolute Gasteiger partial charge is 0.391 e. The lowest BCUT2D eigenvalue weighted by Gasteiger charge is -2.23. The number of anilines is 1. The van der Waals surface area contributed by atoms with Crippen molar-refractivity contribution in [3.63, 3.8) is 0 Å². The average molecular weight is 496 g/mol. The van der Waals surface area contributed by atoms with Gasteiger partial charge in [-0.2, -0.15) is 18.3 Å². The van der Waals surface area contributed by atoms with Gasteiger partial charge in [0.05, 0.1) is 11.6 Å². The highest BCUT2D eigenvalue weighted by Crippen LogP contribution is 2.50. The van der Waals surface area contributed by atoms with Gasteiger partial charge in [-0.05, 0) is 19.8 Å². The zero-order valence-corrected chi connectivity index (χ0v) is 19.4. The summed E-state index contributed by atoms with van der Waals surface area (Å²) in [4.78, 5) is 19.3. The molecule has 0 radical (unpaired) electrons. The summed E-state index contributed by atoms with van der Waals surface area (Å²) in [5.41, 5.74) is 1.19. The van der Waals surface area contributed by atoms with Crippen molar-refractivity contribution in [3.8, 4) is 0 Å². The van der Waals surface area contributed by atoms with Gasteiger partial charge in [-0.3, -0.25) is 4.79 Å². The normalized spacial score (nSPS) is 23.1. The van der Waals surface area contributed by atoms with Crippen LogP contribution in [0.3, 0.4) is 0 Å². The van der Waals surface area contributed by atoms with Crippen LogP contribution in [0.15, 0.2) is 24.3 Å². The molecule has 12 heteroatoms. The van der Waals surface area contributed by atoms with Crippen molar-refractivity contribution in [1.29, 1.82) is 0 Å². The maximum Gasteiger partial charge on any atom is 0.408 e. The molecule has 3 aromatic rings. The molecule has 2 fully saturated rings. The van der Waals surface area contributed by atoms with Gasteiger partial charge >= 0.3 is 6.18 Å². The van der Waals surface area contributed by atoms with Crippen molar-refractivity contribution >= 4 is 32.7 Å². The molecule has 1 amide bonds. The van der Waals surface area contributed by atoms with Crippen LogP contribution in [-0.4, -0.2) is 62.2 Å². The molecule has 2 aliphatic rings. The van der Waals surface area contributed by atoms with E-state index < -0.39 is 36.5 Å². The first-order valence-electron chi connectivity index (χ1n) is 10.9. The first kappa shape index (κ1) is 23.1. The standard InChI is InChI=1S/C22H24F3N5O3S/c1-12-4-6-13(7-5-12)18(33-2)27-20-26-17-16(34-20)15(28-30(17)11-22(23,24)25)19(32)29-9-3-8-21(29)10-14(21)31/h4-7,14,18,31H,3,8-11H2,1-2H3,(H,26,27)/t14-,18?,21?/m0/s1. The molecule has 2 aromatic heterocycles. The summed E-state index contributed by atoms with van der Waals surface area (Å²) in [7, 11) is 1.51. The Morgan fingerprint density at radius 3 is 2.71 bits per heavy atom. The number of fused-ring (bicyclic) bond motifs is 1. The molecule has 1 aliphatic heterocycles. The number of carbonyl (C=O) groups is 1. The minimum absolute atomic E-state index is 0.0171. The lowest BCUT2D eigenvalue weighted by molar-refractivity contribution is -0.142. The number of halogens is 3. The van der Waals surface area contributed by atoms with Crippen LogP contribution in [0.1, 0.15) is 47.1 Å². The molecular weight excluding hydrogens is 471 g/mol. The van der Waals surface area contributed by atoms with Gasteiger partial charge in [0, 0.05) is 25.6 Å². The van der Waals surface area contributed by atoms with Gasteiger partial charge in [-0.15, -0.1) is 0 Å². The van der Waals surface area contributed by atoms with Crippen molar-refractivity contribution < 1.29 is 27.8 Å². The number of hydrogen-bond acceptors (Lipinski definition) is 7. The Balaban J connectivity index is 1.50. The topological polar surface area (TPSA) is 92.5 Å². The largest absolute Gasteiger partial charge is 0.408 e. The number of ether oxygens (including phenoxy) is 1. The van der Waals surface area contributed by atoms with E-state index in [2.05, 4.69) is 15.4 Å². The van der Waals surface area contributed by atoms with Gasteiger partial charge in [0.1, 0.15) is 11.2 Å². The summed E-state index contributed by atoms with van der Waals surface area (Å²) >= 11 is 1.06. The van der Waals surface area contributed by atoms with Gasteiger partial charge in [-0.25, -0.2) is 9.67 Å². The lowest BCUT2D eigenvalue weighted by Crippen LogP contribution is -2.40. The Hall–Kier alpha value is -2.70. The van der Waals surface area contributed by atoms with Crippen LogP contribution in [0.2, 0.25) is 0 Å². The Bertz CT molecular complexity index is 1230. The Kier molecular flexibility index (Phi) is 5.57. The number of hydrogen-bond donors (Lipinski definition) is 2. The molecule has 2 unspecified atom stereocenters. The number of aryl methyl sites for hydroxylation is 1. The number of rotatable bonds is 6. The minimum atomic E-state index is -4.53. The van der Waals surface area contributed by atoms with Gasteiger partial charge in [-0.1, -0.05) is 41.2 Å². The summed E-state index contributed by atoms with van der Waals surface area (Å²) in [6, 6.07) is 7.63. The van der Waals surface area contributed by atoms with E-state index in [0.717, 1.165) is 33.6 Å². The predicted molar refractivity (Wildman–Crippen MR) is 120 cm³/mol. The molecule has 1 saturated heterocycles. The van der Waals surface area contributed by atoms with E-state index >= 15 is 0 Å². The Morgan fingerprint density at radius 2 is 2.09 bits per heavy atom. The molecular formula is C22H24F3N5O3S. The van der Waals surface area contributed by atoms with Crippen LogP contribution in [0.5, 0.6) is 0 Å². The lowest BCUT2D eigenvalue weighted by atomic mass is 10.1. The maximum absolute atomic E-state index is 13.4. The zero-order valence-electron chi connectivity index (χ0n) is 18.6. The molecule has 1 aliphatic carbocycles. The summed E-state index contributed by atoms with van der Waals surface area (Å²) in [5, 5.41) is 17.5. The van der Waals surface area contributed by atoms with E-state index in [-0.39, 0.29) is 16.0 Å². The minimum Gasteiger partial charge on any atom is -0.391 e. The third-order valence-electron chi connectivity index (χ3n) is 6.47. The summed E-state index contributed by atoms with van der Waals surface area (Å²) < 4.78 is 46.2. The van der Waals surface area contributed by atoms with Crippen molar-refractivity contribution in [2.24, 2.45) is 0 Å². The number of benzene rings is 1. The second-order valence-electron chi connectivity index (χ2n) is 8.85. The summed E-state index contributed by atoms with van der Waals surface area (Å²) in [6.07, 6.45) is -3.84. The second-order valence-corrected chi connectivity index (χ2v) is 9.85. The van der Waals surface area contributed by atoms with Crippen LogP contribution < -0.4 is 5.32 Å². The quantitative estimate of drug-likeness (QED) is 0.505. The number of methoxy groups -OCH3 is 1. The van der Waals surface area contributed by atoms with E-state index in [0.29, 0.717) is 24.5 Å². The van der Waals surface area contributed by atoms with Crippen LogP contribution in [-0.2, 0) is 11.3 Å². The number of aromatic nitrogens is 3. The van der Waals surface area contributed by atoms with E-state index in [1.807, 2.05) is 31.2 Å². The molecule has 3 heterocycles. The third-order valence-corrected chi connectivity index (χ3v) is 7.46. The number of thiazole rings is 1. The van der Waals surface area contributed by atoms with Crippen molar-refractivity contribution in [2.45, 2.75) is 56.8 Å². The molecule has 34 heavy (non-hydrogen) atoms. The molecule has 2 N–H and O–H groups in total. The third kappa shape index (κ3) is 4.03. The number of nitrogens with zero attached hydrogens (tertiary/aromatic N) is 4. The molecule has 1 spiro atoms. The summed E-state index contributed by atoms with van der Waals surface area (Å²) in [6.45, 7) is 1.04. The molecule has 8 nitrogen and oxygen atoms in total.